The average molecular weight is 269 g/mol. The Bertz CT molecular complexity index is 577. The summed E-state index contributed by atoms with van der Waals surface area (Å²) in [6, 6.07) is 1.66. The topological polar surface area (TPSA) is 88.0 Å². The zero-order chi connectivity index (χ0) is 12.4. The molecule has 0 spiro atoms. The lowest BCUT2D eigenvalue weighted by Gasteiger charge is -2.00. The fraction of sp³-hybridized carbons (Fsp3) is 0.200. The minimum atomic E-state index is -0.179. The first-order chi connectivity index (χ1) is 8.06. The van der Waals surface area contributed by atoms with E-state index in [1.54, 1.807) is 11.4 Å². The number of carbonyl (C=O) groups excluding carboxylic acids is 1. The van der Waals surface area contributed by atoms with Crippen molar-refractivity contribution in [1.82, 2.24) is 10.3 Å². The van der Waals surface area contributed by atoms with Crippen LogP contribution in [0.2, 0.25) is 0 Å². The van der Waals surface area contributed by atoms with Crippen molar-refractivity contribution in [2.75, 3.05) is 5.73 Å². The first kappa shape index (κ1) is 11.9. The van der Waals surface area contributed by atoms with E-state index in [1.807, 2.05) is 6.92 Å². The number of rotatable bonds is 3. The Kier molecular flexibility index (Phi) is 3.30. The standard InChI is InChI=1S/C10H11N3O2S2/c1-5-7(11)2-8(17-5)9(14)12-3-6-4-16-10(15)13-6/h2,4H,3,11H2,1H3,(H,12,14)(H,13,15). The molecule has 0 bridgehead atoms. The molecule has 0 unspecified atom stereocenters. The maximum absolute atomic E-state index is 11.7. The van der Waals surface area contributed by atoms with Crippen LogP contribution in [0, 0.1) is 6.92 Å². The summed E-state index contributed by atoms with van der Waals surface area (Å²) in [6.45, 7) is 2.18. The molecular formula is C10H11N3O2S2. The van der Waals surface area contributed by atoms with E-state index in [9.17, 15) is 9.59 Å². The maximum atomic E-state index is 11.7. The summed E-state index contributed by atoms with van der Waals surface area (Å²) in [7, 11) is 0. The Hall–Kier alpha value is -1.60. The largest absolute Gasteiger partial charge is 0.398 e. The Morgan fingerprint density at radius 2 is 2.35 bits per heavy atom. The summed E-state index contributed by atoms with van der Waals surface area (Å²) in [4.78, 5) is 26.7. The highest BCUT2D eigenvalue weighted by atomic mass is 32.1. The third-order valence-electron chi connectivity index (χ3n) is 2.19. The molecule has 2 aromatic rings. The van der Waals surface area contributed by atoms with Crippen molar-refractivity contribution in [1.29, 1.82) is 0 Å². The smallest absolute Gasteiger partial charge is 0.304 e. The quantitative estimate of drug-likeness (QED) is 0.785. The molecule has 17 heavy (non-hydrogen) atoms. The van der Waals surface area contributed by atoms with Crippen molar-refractivity contribution >= 4 is 34.3 Å². The normalized spacial score (nSPS) is 10.4. The van der Waals surface area contributed by atoms with Gasteiger partial charge < -0.3 is 16.0 Å². The number of H-pyrrole nitrogens is 1. The van der Waals surface area contributed by atoms with Gasteiger partial charge in [0.05, 0.1) is 11.4 Å². The molecule has 0 atom stereocenters. The molecule has 90 valence electrons. The van der Waals surface area contributed by atoms with E-state index in [-0.39, 0.29) is 10.8 Å². The molecule has 4 N–H and O–H groups in total. The van der Waals surface area contributed by atoms with Gasteiger partial charge in [0, 0.05) is 21.6 Å². The number of anilines is 1. The van der Waals surface area contributed by atoms with Crippen molar-refractivity contribution in [2.45, 2.75) is 13.5 Å². The van der Waals surface area contributed by atoms with E-state index in [4.69, 9.17) is 5.73 Å². The van der Waals surface area contributed by atoms with Crippen molar-refractivity contribution in [3.63, 3.8) is 0 Å². The van der Waals surface area contributed by atoms with Gasteiger partial charge >= 0.3 is 4.87 Å². The highest BCUT2D eigenvalue weighted by Crippen LogP contribution is 2.23. The third kappa shape index (κ3) is 2.75. The van der Waals surface area contributed by atoms with Crippen molar-refractivity contribution in [2.24, 2.45) is 0 Å². The summed E-state index contributed by atoms with van der Waals surface area (Å²) >= 11 is 2.44. The van der Waals surface area contributed by atoms with Crippen LogP contribution in [0.3, 0.4) is 0 Å². The molecule has 0 aromatic carbocycles. The van der Waals surface area contributed by atoms with E-state index in [2.05, 4.69) is 10.3 Å². The van der Waals surface area contributed by atoms with Gasteiger partial charge in [-0.1, -0.05) is 11.3 Å². The van der Waals surface area contributed by atoms with Crippen LogP contribution in [-0.4, -0.2) is 10.9 Å². The van der Waals surface area contributed by atoms with Gasteiger partial charge in [0.25, 0.3) is 5.91 Å². The Morgan fingerprint density at radius 3 is 2.88 bits per heavy atom. The zero-order valence-corrected chi connectivity index (χ0v) is 10.7. The van der Waals surface area contributed by atoms with E-state index in [0.29, 0.717) is 22.8 Å². The molecule has 0 radical (unpaired) electrons. The Morgan fingerprint density at radius 1 is 1.59 bits per heavy atom. The molecule has 2 aromatic heterocycles. The van der Waals surface area contributed by atoms with Crippen LogP contribution < -0.4 is 15.9 Å². The lowest BCUT2D eigenvalue weighted by molar-refractivity contribution is 0.0954. The maximum Gasteiger partial charge on any atom is 0.304 e. The van der Waals surface area contributed by atoms with Crippen LogP contribution in [0.15, 0.2) is 16.2 Å². The van der Waals surface area contributed by atoms with Crippen molar-refractivity contribution in [3.05, 3.63) is 36.6 Å². The lowest BCUT2D eigenvalue weighted by atomic mass is 10.3. The molecule has 0 fully saturated rings. The number of carbonyl (C=O) groups is 1. The van der Waals surface area contributed by atoms with Gasteiger partial charge in [-0.25, -0.2) is 0 Å². The highest BCUT2D eigenvalue weighted by Gasteiger charge is 2.10. The SMILES string of the molecule is Cc1sc(C(=O)NCc2csc(=O)[nH]2)cc1N. The number of aromatic amines is 1. The van der Waals surface area contributed by atoms with Crippen LogP contribution in [0.1, 0.15) is 20.2 Å². The summed E-state index contributed by atoms with van der Waals surface area (Å²) in [6.07, 6.45) is 0. The fourth-order valence-electron chi connectivity index (χ4n) is 1.27. The monoisotopic (exact) mass is 269 g/mol. The number of thiophene rings is 1. The summed E-state index contributed by atoms with van der Waals surface area (Å²) in [5.41, 5.74) is 7.01. The van der Waals surface area contributed by atoms with Crippen molar-refractivity contribution < 1.29 is 4.79 Å². The molecule has 0 saturated heterocycles. The summed E-state index contributed by atoms with van der Waals surface area (Å²) < 4.78 is 0. The molecule has 5 nitrogen and oxygen atoms in total. The lowest BCUT2D eigenvalue weighted by Crippen LogP contribution is -2.22. The number of aryl methyl sites for hydroxylation is 1. The summed E-state index contributed by atoms with van der Waals surface area (Å²) in [5.74, 6) is -0.179. The third-order valence-corrected chi connectivity index (χ3v) is 3.97. The zero-order valence-electron chi connectivity index (χ0n) is 9.07. The van der Waals surface area contributed by atoms with Gasteiger partial charge in [0.2, 0.25) is 0 Å². The average Bonchev–Trinajstić information content (AvgIpc) is 2.83. The molecular weight excluding hydrogens is 258 g/mol. The van der Waals surface area contributed by atoms with E-state index < -0.39 is 0 Å². The van der Waals surface area contributed by atoms with Crippen LogP contribution >= 0.6 is 22.7 Å². The van der Waals surface area contributed by atoms with E-state index in [1.165, 1.54) is 11.3 Å². The number of aromatic nitrogens is 1. The second-order valence-corrected chi connectivity index (χ2v) is 5.58. The molecule has 2 heterocycles. The number of amides is 1. The molecule has 0 aliphatic carbocycles. The van der Waals surface area contributed by atoms with Gasteiger partial charge in [-0.3, -0.25) is 9.59 Å². The molecule has 0 aliphatic heterocycles. The second-order valence-electron chi connectivity index (χ2n) is 3.48. The van der Waals surface area contributed by atoms with Crippen LogP contribution in [0.5, 0.6) is 0 Å². The second kappa shape index (κ2) is 4.72. The highest BCUT2D eigenvalue weighted by molar-refractivity contribution is 7.14. The van der Waals surface area contributed by atoms with Gasteiger partial charge in [-0.05, 0) is 13.0 Å². The number of nitrogens with one attached hydrogen (secondary N) is 2. The van der Waals surface area contributed by atoms with Gasteiger partial charge in [-0.2, -0.15) is 0 Å². The van der Waals surface area contributed by atoms with Crippen LogP contribution in [-0.2, 0) is 6.54 Å². The minimum Gasteiger partial charge on any atom is -0.398 e. The van der Waals surface area contributed by atoms with Gasteiger partial charge in [-0.15, -0.1) is 11.3 Å². The molecule has 0 aliphatic rings. The molecule has 7 heteroatoms. The molecule has 0 saturated carbocycles. The van der Waals surface area contributed by atoms with E-state index in [0.717, 1.165) is 16.2 Å². The first-order valence-electron chi connectivity index (χ1n) is 4.87. The number of hydrogen-bond donors (Lipinski definition) is 3. The number of hydrogen-bond acceptors (Lipinski definition) is 5. The molecule has 1 amide bonds. The van der Waals surface area contributed by atoms with E-state index >= 15 is 0 Å². The van der Waals surface area contributed by atoms with Crippen molar-refractivity contribution in [3.8, 4) is 0 Å². The fourth-order valence-corrected chi connectivity index (χ4v) is 2.71. The number of nitrogens with two attached hydrogens (primary N) is 1. The van der Waals surface area contributed by atoms with Gasteiger partial charge in [0.1, 0.15) is 0 Å². The first-order valence-corrected chi connectivity index (χ1v) is 6.56. The van der Waals surface area contributed by atoms with Crippen LogP contribution in [0.25, 0.3) is 0 Å². The predicted molar refractivity (Wildman–Crippen MR) is 69.6 cm³/mol. The summed E-state index contributed by atoms with van der Waals surface area (Å²) in [5, 5.41) is 4.41. The minimum absolute atomic E-state index is 0.120. The van der Waals surface area contributed by atoms with Gasteiger partial charge in [0.15, 0.2) is 0 Å². The Labute approximate surface area is 105 Å². The number of thiazole rings is 1. The van der Waals surface area contributed by atoms with Crippen LogP contribution in [0.4, 0.5) is 5.69 Å². The number of nitrogen functional groups attached to an aromatic ring is 1. The Balaban J connectivity index is 2.00. The predicted octanol–water partition coefficient (Wildman–Crippen LogP) is 1.32. The molecule has 2 rings (SSSR count).